The molecule has 2 aromatic rings. The Labute approximate surface area is 124 Å². The average Bonchev–Trinajstić information content (AvgIpc) is 2.87. The Morgan fingerprint density at radius 1 is 1.33 bits per heavy atom. The highest BCUT2D eigenvalue weighted by molar-refractivity contribution is 7.89. The lowest BCUT2D eigenvalue weighted by Crippen LogP contribution is -2.28. The first-order valence-electron chi connectivity index (χ1n) is 6.65. The summed E-state index contributed by atoms with van der Waals surface area (Å²) in [6, 6.07) is 0. The molecule has 116 valence electrons. The number of imidazole rings is 1. The largest absolute Gasteiger partial charge is 0.369 e. The zero-order valence-electron chi connectivity index (χ0n) is 12.4. The topological polar surface area (TPSA) is 91.6 Å². The first kappa shape index (κ1) is 15.5. The summed E-state index contributed by atoms with van der Waals surface area (Å²) < 4.78 is 26.5. The molecule has 0 aliphatic rings. The Bertz CT molecular complexity index is 710. The fourth-order valence-corrected chi connectivity index (χ4v) is 2.52. The summed E-state index contributed by atoms with van der Waals surface area (Å²) in [6.07, 6.45) is 5.33. The number of hydrogen-bond donors (Lipinski definition) is 2. The van der Waals surface area contributed by atoms with Crippen molar-refractivity contribution in [2.45, 2.75) is 6.92 Å². The average molecular weight is 312 g/mol. The predicted octanol–water partition coefficient (Wildman–Crippen LogP) is 0.464. The fourth-order valence-electron chi connectivity index (χ4n) is 1.80. The van der Waals surface area contributed by atoms with Gasteiger partial charge in [0.15, 0.2) is 11.5 Å². The number of nitrogens with zero attached hydrogens (tertiary/aromatic N) is 4. The van der Waals surface area contributed by atoms with Crippen molar-refractivity contribution in [2.75, 3.05) is 43.6 Å². The van der Waals surface area contributed by atoms with E-state index in [1.54, 1.807) is 6.20 Å². The van der Waals surface area contributed by atoms with Crippen LogP contribution in [0.2, 0.25) is 0 Å². The van der Waals surface area contributed by atoms with Crippen LogP contribution < -0.4 is 10.6 Å². The minimum Gasteiger partial charge on any atom is -0.369 e. The van der Waals surface area contributed by atoms with Gasteiger partial charge >= 0.3 is 0 Å². The third kappa shape index (κ3) is 3.61. The predicted molar refractivity (Wildman–Crippen MR) is 83.1 cm³/mol. The minimum atomic E-state index is -3.23. The maximum atomic E-state index is 11.7. The van der Waals surface area contributed by atoms with E-state index in [1.807, 2.05) is 23.7 Å². The van der Waals surface area contributed by atoms with Crippen LogP contribution >= 0.6 is 0 Å². The van der Waals surface area contributed by atoms with Gasteiger partial charge < -0.3 is 15.0 Å². The smallest absolute Gasteiger partial charge is 0.215 e. The molecule has 2 aromatic heterocycles. The van der Waals surface area contributed by atoms with Crippen LogP contribution in [0, 0.1) is 0 Å². The zero-order valence-corrected chi connectivity index (χ0v) is 13.2. The van der Waals surface area contributed by atoms with E-state index in [-0.39, 0.29) is 12.3 Å². The molecule has 0 saturated carbocycles. The Morgan fingerprint density at radius 2 is 2.10 bits per heavy atom. The highest BCUT2D eigenvalue weighted by Gasteiger charge is 2.14. The van der Waals surface area contributed by atoms with Gasteiger partial charge in [-0.3, -0.25) is 0 Å². The molecule has 2 heterocycles. The van der Waals surface area contributed by atoms with Gasteiger partial charge in [0.25, 0.3) is 0 Å². The van der Waals surface area contributed by atoms with Crippen molar-refractivity contribution < 1.29 is 8.42 Å². The van der Waals surface area contributed by atoms with Crippen LogP contribution in [0.25, 0.3) is 5.65 Å². The molecular weight excluding hydrogens is 292 g/mol. The van der Waals surface area contributed by atoms with Gasteiger partial charge in [0, 0.05) is 39.6 Å². The summed E-state index contributed by atoms with van der Waals surface area (Å²) in [4.78, 5) is 8.63. The van der Waals surface area contributed by atoms with Crippen LogP contribution in [0.15, 0.2) is 18.6 Å². The quantitative estimate of drug-likeness (QED) is 0.772. The molecule has 0 saturated heterocycles. The Hall–Kier alpha value is -1.87. The highest BCUT2D eigenvalue weighted by Crippen LogP contribution is 2.16. The molecule has 0 unspecified atom stereocenters. The molecular formula is C12H20N6O2S. The van der Waals surface area contributed by atoms with Crippen molar-refractivity contribution in [1.29, 1.82) is 0 Å². The number of sulfonamides is 1. The molecule has 2 N–H and O–H groups in total. The van der Waals surface area contributed by atoms with Crippen LogP contribution in [0.4, 0.5) is 11.6 Å². The second kappa shape index (κ2) is 6.27. The molecule has 0 atom stereocenters. The van der Waals surface area contributed by atoms with E-state index in [9.17, 15) is 8.42 Å². The van der Waals surface area contributed by atoms with Crippen LogP contribution in [0.5, 0.6) is 0 Å². The summed E-state index contributed by atoms with van der Waals surface area (Å²) in [5, 5.41) is 6.17. The molecule has 0 aromatic carbocycles. The first-order valence-corrected chi connectivity index (χ1v) is 8.26. The molecule has 0 amide bonds. The van der Waals surface area contributed by atoms with Crippen LogP contribution in [-0.2, 0) is 10.0 Å². The third-order valence-corrected chi connectivity index (χ3v) is 4.77. The van der Waals surface area contributed by atoms with E-state index >= 15 is 0 Å². The molecule has 0 aliphatic heterocycles. The van der Waals surface area contributed by atoms with Gasteiger partial charge in [-0.25, -0.2) is 22.7 Å². The number of rotatable bonds is 7. The number of hydrogen-bond acceptors (Lipinski definition) is 6. The first-order chi connectivity index (χ1) is 9.94. The van der Waals surface area contributed by atoms with Crippen molar-refractivity contribution in [3.8, 4) is 0 Å². The number of fused-ring (bicyclic) bond motifs is 1. The minimum absolute atomic E-state index is 0.0000173. The lowest BCUT2D eigenvalue weighted by molar-refractivity contribution is 0.521. The van der Waals surface area contributed by atoms with Gasteiger partial charge in [-0.2, -0.15) is 0 Å². The summed E-state index contributed by atoms with van der Waals surface area (Å²) in [5.74, 6) is 1.27. The van der Waals surface area contributed by atoms with E-state index < -0.39 is 10.0 Å². The Balaban J connectivity index is 2.16. The van der Waals surface area contributed by atoms with E-state index in [1.165, 1.54) is 18.4 Å². The molecule has 0 fully saturated rings. The zero-order chi connectivity index (χ0) is 15.5. The summed E-state index contributed by atoms with van der Waals surface area (Å²) in [5.41, 5.74) is 0.666. The van der Waals surface area contributed by atoms with Crippen molar-refractivity contribution in [2.24, 2.45) is 0 Å². The Kier molecular flexibility index (Phi) is 4.63. The number of nitrogens with one attached hydrogen (secondary N) is 2. The van der Waals surface area contributed by atoms with Gasteiger partial charge in [-0.05, 0) is 6.92 Å². The van der Waals surface area contributed by atoms with Gasteiger partial charge in [0.2, 0.25) is 10.0 Å². The second-order valence-electron chi connectivity index (χ2n) is 4.69. The molecule has 9 heteroatoms. The Morgan fingerprint density at radius 3 is 2.76 bits per heavy atom. The van der Waals surface area contributed by atoms with E-state index in [4.69, 9.17) is 0 Å². The summed E-state index contributed by atoms with van der Waals surface area (Å²) in [6.45, 7) is 3.00. The van der Waals surface area contributed by atoms with Gasteiger partial charge in [-0.1, -0.05) is 0 Å². The van der Waals surface area contributed by atoms with Crippen LogP contribution in [0.3, 0.4) is 0 Å². The summed E-state index contributed by atoms with van der Waals surface area (Å²) >= 11 is 0. The summed E-state index contributed by atoms with van der Waals surface area (Å²) in [7, 11) is -0.188. The number of aromatic nitrogens is 3. The van der Waals surface area contributed by atoms with Crippen LogP contribution in [0.1, 0.15) is 6.92 Å². The van der Waals surface area contributed by atoms with Gasteiger partial charge in [0.05, 0.1) is 11.9 Å². The monoisotopic (exact) mass is 312 g/mol. The van der Waals surface area contributed by atoms with Crippen molar-refractivity contribution in [1.82, 2.24) is 18.7 Å². The fraction of sp³-hybridized carbons (Fsp3) is 0.500. The maximum Gasteiger partial charge on any atom is 0.215 e. The van der Waals surface area contributed by atoms with E-state index in [0.29, 0.717) is 17.3 Å². The molecule has 0 aliphatic carbocycles. The molecule has 21 heavy (non-hydrogen) atoms. The van der Waals surface area contributed by atoms with E-state index in [2.05, 4.69) is 20.6 Å². The SMILES string of the molecule is CCNc1cn2ccnc2c(NCCS(=O)(=O)N(C)C)n1. The number of anilines is 2. The van der Waals surface area contributed by atoms with E-state index in [0.717, 1.165) is 6.54 Å². The third-order valence-electron chi connectivity index (χ3n) is 2.94. The molecule has 2 rings (SSSR count). The second-order valence-corrected chi connectivity index (χ2v) is 6.99. The molecule has 8 nitrogen and oxygen atoms in total. The lowest BCUT2D eigenvalue weighted by atomic mass is 10.5. The lowest BCUT2D eigenvalue weighted by Gasteiger charge is -2.13. The van der Waals surface area contributed by atoms with Crippen molar-refractivity contribution >= 4 is 27.3 Å². The highest BCUT2D eigenvalue weighted by atomic mass is 32.2. The van der Waals surface area contributed by atoms with Crippen molar-refractivity contribution in [3.63, 3.8) is 0 Å². The van der Waals surface area contributed by atoms with Crippen LogP contribution in [-0.4, -0.2) is 60.0 Å². The maximum absolute atomic E-state index is 11.7. The standard InChI is InChI=1S/C12H20N6O2S/c1-4-13-10-9-18-7-5-15-12(18)11(16-10)14-6-8-21(19,20)17(2)3/h5,7,9,13H,4,6,8H2,1-3H3,(H,14,16). The molecule has 0 bridgehead atoms. The van der Waals surface area contributed by atoms with Gasteiger partial charge in [-0.15, -0.1) is 0 Å². The van der Waals surface area contributed by atoms with Crippen molar-refractivity contribution in [3.05, 3.63) is 18.6 Å². The molecule has 0 spiro atoms. The van der Waals surface area contributed by atoms with Gasteiger partial charge in [0.1, 0.15) is 5.82 Å². The molecule has 0 radical (unpaired) electrons. The normalized spacial score (nSPS) is 12.0.